The second-order valence-corrected chi connectivity index (χ2v) is 13.6. The van der Waals surface area contributed by atoms with Gasteiger partial charge in [0, 0.05) is 22.6 Å². The van der Waals surface area contributed by atoms with Crippen LogP contribution in [0, 0.1) is 5.41 Å². The van der Waals surface area contributed by atoms with Crippen molar-refractivity contribution in [2.75, 3.05) is 20.2 Å². The fraction of sp³-hybridized carbons (Fsp3) is 0.579. The average Bonchev–Trinajstić information content (AvgIpc) is 2.52. The minimum absolute atomic E-state index is 0.0350. The quantitative estimate of drug-likeness (QED) is 0.205. The van der Waals surface area contributed by atoms with E-state index in [9.17, 15) is 4.79 Å². The van der Waals surface area contributed by atoms with Crippen LogP contribution < -0.4 is 10.6 Å². The fourth-order valence-corrected chi connectivity index (χ4v) is 5.21. The lowest BCUT2D eigenvalue weighted by molar-refractivity contribution is -0.116. The third-order valence-electron chi connectivity index (χ3n) is 4.28. The number of hydrogen-bond acceptors (Lipinski definition) is 5. The second kappa shape index (κ2) is 11.9. The van der Waals surface area contributed by atoms with E-state index >= 15 is 0 Å². The maximum Gasteiger partial charge on any atom is 0.245 e. The third kappa shape index (κ3) is 9.76. The smallest absolute Gasteiger partial charge is 0.245 e. The van der Waals surface area contributed by atoms with Gasteiger partial charge >= 0.3 is 0 Å². The molecular formula is C19H34ClN3O2SSi. The second-order valence-electron chi connectivity index (χ2n) is 7.45. The lowest BCUT2D eigenvalue weighted by atomic mass is 10.2. The van der Waals surface area contributed by atoms with Crippen molar-refractivity contribution >= 4 is 42.6 Å². The summed E-state index contributed by atoms with van der Waals surface area (Å²) in [5.74, 6) is -0.253. The van der Waals surface area contributed by atoms with Crippen LogP contribution in [0.4, 0.5) is 0 Å². The van der Waals surface area contributed by atoms with Crippen LogP contribution in [0.5, 0.6) is 0 Å². The summed E-state index contributed by atoms with van der Waals surface area (Å²) in [4.78, 5) is 12.4. The van der Waals surface area contributed by atoms with Crippen molar-refractivity contribution in [1.82, 2.24) is 10.6 Å². The summed E-state index contributed by atoms with van der Waals surface area (Å²) < 4.78 is 6.21. The van der Waals surface area contributed by atoms with Crippen LogP contribution in [0.2, 0.25) is 11.6 Å². The number of carbonyl (C=O) groups excluding carboxylic acids is 1. The zero-order valence-electron chi connectivity index (χ0n) is 17.5. The predicted molar refractivity (Wildman–Crippen MR) is 122 cm³/mol. The topological polar surface area (TPSA) is 74.2 Å². The Morgan fingerprint density at radius 3 is 2.48 bits per heavy atom. The molecule has 0 aliphatic rings. The van der Waals surface area contributed by atoms with Gasteiger partial charge in [-0.3, -0.25) is 10.2 Å². The summed E-state index contributed by atoms with van der Waals surface area (Å²) in [6, 6.07) is -0.162. The molecule has 0 bridgehead atoms. The van der Waals surface area contributed by atoms with Crippen LogP contribution in [-0.2, 0) is 9.22 Å². The summed E-state index contributed by atoms with van der Waals surface area (Å²) in [6.07, 6.45) is 3.36. The van der Waals surface area contributed by atoms with Gasteiger partial charge in [0.1, 0.15) is 0 Å². The Labute approximate surface area is 174 Å². The Balaban J connectivity index is 4.72. The molecule has 0 heterocycles. The van der Waals surface area contributed by atoms with Crippen molar-refractivity contribution < 1.29 is 9.22 Å². The number of thioether (sulfide) groups is 1. The van der Waals surface area contributed by atoms with Gasteiger partial charge in [0.2, 0.25) is 14.2 Å². The van der Waals surface area contributed by atoms with Gasteiger partial charge in [-0.25, -0.2) is 0 Å². The maximum atomic E-state index is 11.7. The molecule has 154 valence electrons. The molecule has 27 heavy (non-hydrogen) atoms. The Hall–Kier alpha value is -0.863. The molecule has 0 aliphatic heterocycles. The molecule has 5 nitrogen and oxygen atoms in total. The van der Waals surface area contributed by atoms with Gasteiger partial charge in [-0.15, -0.1) is 0 Å². The van der Waals surface area contributed by atoms with E-state index in [4.69, 9.17) is 21.4 Å². The highest BCUT2D eigenvalue weighted by Crippen LogP contribution is 2.38. The highest BCUT2D eigenvalue weighted by atomic mass is 35.5. The molecule has 0 aliphatic carbocycles. The lowest BCUT2D eigenvalue weighted by Gasteiger charge is -2.37. The molecule has 0 radical (unpaired) electrons. The molecule has 1 amide bonds. The molecule has 8 heteroatoms. The SMILES string of the molecule is C=C(SC(=N)CO[Si](C)(/C=C/C)C(C)(C)C)C(CNC(=O)/C=C(/C)Cl)NC. The number of halogens is 1. The zero-order valence-corrected chi connectivity index (χ0v) is 20.1. The first-order valence-electron chi connectivity index (χ1n) is 8.87. The molecule has 0 aromatic rings. The van der Waals surface area contributed by atoms with Crippen LogP contribution in [0.25, 0.3) is 0 Å². The number of amides is 1. The summed E-state index contributed by atoms with van der Waals surface area (Å²) in [7, 11) is -0.310. The summed E-state index contributed by atoms with van der Waals surface area (Å²) in [5.41, 5.74) is 2.16. The highest BCUT2D eigenvalue weighted by Gasteiger charge is 2.39. The molecule has 2 atom stereocenters. The van der Waals surface area contributed by atoms with Crippen LogP contribution in [0.3, 0.4) is 0 Å². The van der Waals surface area contributed by atoms with Crippen molar-refractivity contribution in [3.05, 3.63) is 34.4 Å². The first-order chi connectivity index (χ1) is 12.4. The molecular weight excluding hydrogens is 398 g/mol. The van der Waals surface area contributed by atoms with E-state index in [1.54, 1.807) is 14.0 Å². The van der Waals surface area contributed by atoms with Crippen molar-refractivity contribution in [2.24, 2.45) is 0 Å². The normalized spacial score (nSPS) is 16.1. The van der Waals surface area contributed by atoms with Crippen molar-refractivity contribution in [3.8, 4) is 0 Å². The summed E-state index contributed by atoms with van der Waals surface area (Å²) in [6.45, 7) is 17.0. The molecule has 0 spiro atoms. The van der Waals surface area contributed by atoms with Gasteiger partial charge in [0.05, 0.1) is 17.7 Å². The number of carbonyl (C=O) groups is 1. The molecule has 0 saturated heterocycles. The van der Waals surface area contributed by atoms with Crippen molar-refractivity contribution in [3.63, 3.8) is 0 Å². The number of hydrogen-bond donors (Lipinski definition) is 3. The van der Waals surface area contributed by atoms with Gasteiger partial charge in [0.15, 0.2) is 0 Å². The van der Waals surface area contributed by atoms with E-state index in [1.807, 2.05) is 13.0 Å². The molecule has 0 saturated carbocycles. The van der Waals surface area contributed by atoms with Gasteiger partial charge in [-0.1, -0.05) is 62.5 Å². The first-order valence-corrected chi connectivity index (χ1v) is 12.5. The largest absolute Gasteiger partial charge is 0.406 e. The highest BCUT2D eigenvalue weighted by molar-refractivity contribution is 8.17. The Kier molecular flexibility index (Phi) is 11.5. The Morgan fingerprint density at radius 1 is 1.44 bits per heavy atom. The number of rotatable bonds is 10. The molecule has 0 aromatic heterocycles. The molecule has 3 N–H and O–H groups in total. The van der Waals surface area contributed by atoms with E-state index in [1.165, 1.54) is 17.8 Å². The van der Waals surface area contributed by atoms with Gasteiger partial charge in [-0.05, 0) is 32.5 Å². The van der Waals surface area contributed by atoms with Crippen LogP contribution in [-0.4, -0.2) is 45.5 Å². The van der Waals surface area contributed by atoms with Gasteiger partial charge in [0.25, 0.3) is 0 Å². The third-order valence-corrected chi connectivity index (χ3v) is 9.99. The van der Waals surface area contributed by atoms with E-state index in [-0.39, 0.29) is 23.6 Å². The Morgan fingerprint density at radius 2 is 2.04 bits per heavy atom. The molecule has 0 aromatic carbocycles. The predicted octanol–water partition coefficient (Wildman–Crippen LogP) is 4.56. The van der Waals surface area contributed by atoms with Gasteiger partial charge in [-0.2, -0.15) is 0 Å². The standard InChI is InChI=1S/C19H34ClN3O2SSi/c1-9-10-27(8,19(4,5)6)25-13-17(21)26-15(3)16(22-7)12-23-18(24)11-14(2)20/h9-11,16,21-22H,3,12-13H2,1-2,4-8H3,(H,23,24)/b10-9+,14-11-,21-17?. The van der Waals surface area contributed by atoms with Crippen LogP contribution in [0.15, 0.2) is 34.4 Å². The van der Waals surface area contributed by atoms with E-state index < -0.39 is 8.32 Å². The molecule has 0 rings (SSSR count). The monoisotopic (exact) mass is 431 g/mol. The van der Waals surface area contributed by atoms with E-state index in [0.29, 0.717) is 16.6 Å². The Bertz CT molecular complexity index is 598. The maximum absolute atomic E-state index is 11.7. The van der Waals surface area contributed by atoms with Crippen molar-refractivity contribution in [1.29, 1.82) is 5.41 Å². The minimum atomic E-state index is -2.10. The van der Waals surface area contributed by atoms with Crippen LogP contribution in [0.1, 0.15) is 34.6 Å². The number of likely N-dealkylation sites (N-methyl/N-ethyl adjacent to an activating group) is 1. The summed E-state index contributed by atoms with van der Waals surface area (Å²) in [5, 5.41) is 15.0. The van der Waals surface area contributed by atoms with Gasteiger partial charge < -0.3 is 15.1 Å². The molecule has 2 unspecified atom stereocenters. The van der Waals surface area contributed by atoms with Crippen molar-refractivity contribution in [2.45, 2.75) is 52.2 Å². The molecule has 0 fully saturated rings. The number of allylic oxidation sites excluding steroid dienone is 2. The number of nitrogens with one attached hydrogen (secondary N) is 3. The zero-order chi connectivity index (χ0) is 21.3. The van der Waals surface area contributed by atoms with E-state index in [0.717, 1.165) is 4.91 Å². The summed E-state index contributed by atoms with van der Waals surface area (Å²) >= 11 is 6.97. The van der Waals surface area contributed by atoms with E-state index in [2.05, 4.69) is 50.2 Å². The van der Waals surface area contributed by atoms with Crippen LogP contribution >= 0.6 is 23.4 Å². The lowest BCUT2D eigenvalue weighted by Crippen LogP contribution is -2.43. The minimum Gasteiger partial charge on any atom is -0.406 e. The average molecular weight is 432 g/mol. The first kappa shape index (κ1) is 26.1. The fourth-order valence-electron chi connectivity index (χ4n) is 2.12.